The molecule has 3 rings (SSSR count). The first-order valence-electron chi connectivity index (χ1n) is 5.32. The average molecular weight is 243 g/mol. The molecule has 0 aliphatic carbocycles. The predicted octanol–water partition coefficient (Wildman–Crippen LogP) is 1.77. The average Bonchev–Trinajstić information content (AvgIpc) is 2.99. The Bertz CT molecular complexity index is 701. The van der Waals surface area contributed by atoms with Crippen LogP contribution in [0.4, 0.5) is 0 Å². The Balaban J connectivity index is 2.09. The molecule has 0 saturated heterocycles. The highest BCUT2D eigenvalue weighted by Gasteiger charge is 2.11. The molecule has 6 heteroatoms. The van der Waals surface area contributed by atoms with Crippen LogP contribution in [0.25, 0.3) is 10.9 Å². The van der Waals surface area contributed by atoms with Crippen molar-refractivity contribution in [3.63, 3.8) is 0 Å². The molecule has 0 unspecified atom stereocenters. The van der Waals surface area contributed by atoms with Crippen molar-refractivity contribution in [3.05, 3.63) is 48.2 Å². The van der Waals surface area contributed by atoms with Gasteiger partial charge in [0.05, 0.1) is 12.1 Å². The summed E-state index contributed by atoms with van der Waals surface area (Å²) >= 11 is 0. The quantitative estimate of drug-likeness (QED) is 0.758. The van der Waals surface area contributed by atoms with Crippen LogP contribution in [0.15, 0.2) is 41.4 Å². The Labute approximate surface area is 101 Å². The third-order valence-electron chi connectivity index (χ3n) is 2.76. The number of carbonyl (C=O) groups is 1. The zero-order valence-corrected chi connectivity index (χ0v) is 9.28. The highest BCUT2D eigenvalue weighted by molar-refractivity contribution is 6.02. The molecule has 1 aromatic carbocycles. The van der Waals surface area contributed by atoms with Gasteiger partial charge in [-0.3, -0.25) is 0 Å². The first kappa shape index (κ1) is 10.5. The van der Waals surface area contributed by atoms with Gasteiger partial charge in [-0.25, -0.2) is 4.79 Å². The normalized spacial score (nSPS) is 10.9. The molecule has 6 nitrogen and oxygen atoms in total. The lowest BCUT2D eigenvalue weighted by Crippen LogP contribution is -2.01. The molecule has 2 heterocycles. The van der Waals surface area contributed by atoms with Crippen molar-refractivity contribution >= 4 is 16.9 Å². The summed E-state index contributed by atoms with van der Waals surface area (Å²) in [5.74, 6) is -0.383. The summed E-state index contributed by atoms with van der Waals surface area (Å²) in [6, 6.07) is 6.95. The van der Waals surface area contributed by atoms with E-state index in [2.05, 4.69) is 14.7 Å². The van der Waals surface area contributed by atoms with Crippen LogP contribution in [0, 0.1) is 0 Å². The number of rotatable bonds is 3. The number of benzene rings is 1. The zero-order chi connectivity index (χ0) is 12.5. The van der Waals surface area contributed by atoms with Gasteiger partial charge in [0.1, 0.15) is 0 Å². The van der Waals surface area contributed by atoms with Crippen molar-refractivity contribution in [1.29, 1.82) is 0 Å². The summed E-state index contributed by atoms with van der Waals surface area (Å²) in [4.78, 5) is 15.0. The number of carboxylic acids is 1. The highest BCUT2D eigenvalue weighted by atomic mass is 16.5. The summed E-state index contributed by atoms with van der Waals surface area (Å²) in [7, 11) is 0. The largest absolute Gasteiger partial charge is 0.478 e. The molecule has 1 N–H and O–H groups in total. The number of hydrogen-bond acceptors (Lipinski definition) is 4. The van der Waals surface area contributed by atoms with Crippen molar-refractivity contribution in [3.8, 4) is 0 Å². The molecule has 0 radical (unpaired) electrons. The Morgan fingerprint density at radius 2 is 2.28 bits per heavy atom. The first-order chi connectivity index (χ1) is 8.75. The topological polar surface area (TPSA) is 81.1 Å². The summed E-state index contributed by atoms with van der Waals surface area (Å²) in [6.45, 7) is 0.447. The van der Waals surface area contributed by atoms with Crippen molar-refractivity contribution in [2.75, 3.05) is 0 Å². The fourth-order valence-electron chi connectivity index (χ4n) is 1.96. The van der Waals surface area contributed by atoms with Gasteiger partial charge in [-0.15, -0.1) is 0 Å². The molecule has 0 spiro atoms. The summed E-state index contributed by atoms with van der Waals surface area (Å²) < 4.78 is 6.55. The summed E-state index contributed by atoms with van der Waals surface area (Å²) in [6.07, 6.45) is 3.08. The van der Waals surface area contributed by atoms with Crippen LogP contribution in [-0.4, -0.2) is 25.8 Å². The molecule has 90 valence electrons. The van der Waals surface area contributed by atoms with Crippen molar-refractivity contribution in [2.24, 2.45) is 0 Å². The molecule has 0 fully saturated rings. The Morgan fingerprint density at radius 3 is 3.00 bits per heavy atom. The molecule has 0 aliphatic rings. The van der Waals surface area contributed by atoms with Crippen LogP contribution in [0.5, 0.6) is 0 Å². The Kier molecular flexibility index (Phi) is 2.33. The van der Waals surface area contributed by atoms with Gasteiger partial charge in [0.25, 0.3) is 0 Å². The second-order valence-electron chi connectivity index (χ2n) is 3.83. The molecule has 0 saturated carbocycles. The number of aromatic nitrogens is 3. The molecule has 0 atom stereocenters. The molecule has 18 heavy (non-hydrogen) atoms. The van der Waals surface area contributed by atoms with E-state index in [-0.39, 0.29) is 0 Å². The molecule has 0 aliphatic heterocycles. The second kappa shape index (κ2) is 3.99. The third-order valence-corrected chi connectivity index (χ3v) is 2.76. The van der Waals surface area contributed by atoms with Gasteiger partial charge >= 0.3 is 5.97 Å². The fourth-order valence-corrected chi connectivity index (χ4v) is 1.96. The van der Waals surface area contributed by atoms with Crippen LogP contribution in [0.2, 0.25) is 0 Å². The van der Waals surface area contributed by atoms with E-state index in [0.717, 1.165) is 5.52 Å². The van der Waals surface area contributed by atoms with Gasteiger partial charge in [-0.1, -0.05) is 11.2 Å². The van der Waals surface area contributed by atoms with E-state index in [4.69, 9.17) is 5.11 Å². The lowest BCUT2D eigenvalue weighted by atomic mass is 10.1. The fraction of sp³-hybridized carbons (Fsp3) is 0.0833. The molecular weight excluding hydrogens is 234 g/mol. The number of aromatic carboxylic acids is 1. The SMILES string of the molecule is O=C(O)c1cccc2c1ccn2Cc1ncon1. The van der Waals surface area contributed by atoms with Gasteiger partial charge in [-0.2, -0.15) is 4.98 Å². The predicted molar refractivity (Wildman–Crippen MR) is 62.3 cm³/mol. The van der Waals surface area contributed by atoms with Crippen LogP contribution < -0.4 is 0 Å². The molecular formula is C12H9N3O3. The number of carboxylic acid groups (broad SMARTS) is 1. The van der Waals surface area contributed by atoms with E-state index in [0.29, 0.717) is 23.3 Å². The standard InChI is InChI=1S/C12H9N3O3/c16-12(17)9-2-1-3-10-8(9)4-5-15(10)6-11-13-7-18-14-11/h1-5,7H,6H2,(H,16,17). The Hall–Kier alpha value is -2.63. The minimum absolute atomic E-state index is 0.291. The van der Waals surface area contributed by atoms with Crippen LogP contribution >= 0.6 is 0 Å². The number of fused-ring (bicyclic) bond motifs is 1. The third kappa shape index (κ3) is 1.64. The van der Waals surface area contributed by atoms with Crippen molar-refractivity contribution < 1.29 is 14.4 Å². The molecule has 3 aromatic rings. The first-order valence-corrected chi connectivity index (χ1v) is 5.32. The van der Waals surface area contributed by atoms with E-state index in [1.54, 1.807) is 18.2 Å². The van der Waals surface area contributed by atoms with E-state index in [9.17, 15) is 4.79 Å². The van der Waals surface area contributed by atoms with Crippen molar-refractivity contribution in [2.45, 2.75) is 6.54 Å². The minimum atomic E-state index is -0.932. The smallest absolute Gasteiger partial charge is 0.336 e. The molecule has 0 bridgehead atoms. The number of hydrogen-bond donors (Lipinski definition) is 1. The maximum absolute atomic E-state index is 11.1. The monoisotopic (exact) mass is 243 g/mol. The maximum Gasteiger partial charge on any atom is 0.336 e. The van der Waals surface area contributed by atoms with Crippen LogP contribution in [-0.2, 0) is 6.54 Å². The lowest BCUT2D eigenvalue weighted by molar-refractivity contribution is 0.0699. The zero-order valence-electron chi connectivity index (χ0n) is 9.28. The van der Waals surface area contributed by atoms with E-state index in [1.807, 2.05) is 16.8 Å². The summed E-state index contributed by atoms with van der Waals surface area (Å²) in [5, 5.41) is 13.5. The lowest BCUT2D eigenvalue weighted by Gasteiger charge is -2.02. The van der Waals surface area contributed by atoms with Gasteiger partial charge in [0.15, 0.2) is 5.82 Å². The minimum Gasteiger partial charge on any atom is -0.478 e. The van der Waals surface area contributed by atoms with Crippen LogP contribution in [0.1, 0.15) is 16.2 Å². The van der Waals surface area contributed by atoms with Crippen molar-refractivity contribution in [1.82, 2.24) is 14.7 Å². The van der Waals surface area contributed by atoms with Gasteiger partial charge in [0.2, 0.25) is 6.39 Å². The van der Waals surface area contributed by atoms with E-state index in [1.165, 1.54) is 6.39 Å². The molecule has 2 aromatic heterocycles. The summed E-state index contributed by atoms with van der Waals surface area (Å²) in [5.41, 5.74) is 1.12. The maximum atomic E-state index is 11.1. The van der Waals surface area contributed by atoms with Gasteiger partial charge in [-0.05, 0) is 18.2 Å². The molecule has 0 amide bonds. The van der Waals surface area contributed by atoms with Gasteiger partial charge in [0, 0.05) is 17.1 Å². The number of nitrogens with zero attached hydrogens (tertiary/aromatic N) is 3. The van der Waals surface area contributed by atoms with Gasteiger partial charge < -0.3 is 14.2 Å². The van der Waals surface area contributed by atoms with Crippen LogP contribution in [0.3, 0.4) is 0 Å². The van der Waals surface area contributed by atoms with E-state index < -0.39 is 5.97 Å². The van der Waals surface area contributed by atoms with E-state index >= 15 is 0 Å². The highest BCUT2D eigenvalue weighted by Crippen LogP contribution is 2.20. The Morgan fingerprint density at radius 1 is 1.39 bits per heavy atom. The second-order valence-corrected chi connectivity index (χ2v) is 3.83.